The lowest BCUT2D eigenvalue weighted by molar-refractivity contribution is -0.120. The fourth-order valence-electron chi connectivity index (χ4n) is 2.76. The van der Waals surface area contributed by atoms with Gasteiger partial charge in [-0.3, -0.25) is 9.48 Å². The molecule has 1 aliphatic heterocycles. The smallest absolute Gasteiger partial charge is 0.248 e. The Bertz CT molecular complexity index is 686. The van der Waals surface area contributed by atoms with Crippen molar-refractivity contribution >= 4 is 35.6 Å². The third-order valence-corrected chi connectivity index (χ3v) is 4.04. The predicted molar refractivity (Wildman–Crippen MR) is 89.8 cm³/mol. The molecule has 1 unspecified atom stereocenters. The van der Waals surface area contributed by atoms with Gasteiger partial charge in [-0.15, -0.1) is 12.4 Å². The molecule has 2 heterocycles. The van der Waals surface area contributed by atoms with Crippen LogP contribution in [0.1, 0.15) is 17.2 Å². The Labute approximate surface area is 140 Å². The topological polar surface area (TPSA) is 50.2 Å². The van der Waals surface area contributed by atoms with Crippen molar-refractivity contribution in [2.24, 2.45) is 7.05 Å². The number of halogens is 2. The summed E-state index contributed by atoms with van der Waals surface area (Å²) in [5.41, 5.74) is 2.94. The zero-order valence-electron chi connectivity index (χ0n) is 12.4. The average Bonchev–Trinajstić information content (AvgIpc) is 3.05. The highest BCUT2D eigenvalue weighted by molar-refractivity contribution is 6.31. The summed E-state index contributed by atoms with van der Waals surface area (Å²) in [6, 6.07) is 5.32. The van der Waals surface area contributed by atoms with Gasteiger partial charge in [0.2, 0.25) is 5.91 Å². The molecule has 0 radical (unpaired) electrons. The molecule has 3 rings (SSSR count). The first-order valence-electron chi connectivity index (χ1n) is 6.86. The molecular formula is C15H18Cl2N4O. The molecule has 2 aromatic rings. The number of amides is 1. The largest absolute Gasteiger partial charge is 0.310 e. The van der Waals surface area contributed by atoms with Crippen LogP contribution in [0, 0.1) is 0 Å². The van der Waals surface area contributed by atoms with Crippen LogP contribution in [-0.4, -0.2) is 29.3 Å². The normalized spacial score (nSPS) is 14.4. The van der Waals surface area contributed by atoms with Crippen molar-refractivity contribution in [3.8, 4) is 0 Å². The maximum Gasteiger partial charge on any atom is 0.248 e. The van der Waals surface area contributed by atoms with E-state index < -0.39 is 6.04 Å². The van der Waals surface area contributed by atoms with Crippen molar-refractivity contribution in [3.63, 3.8) is 0 Å². The monoisotopic (exact) mass is 340 g/mol. The number of carbonyl (C=O) groups is 1. The molecule has 118 valence electrons. The van der Waals surface area contributed by atoms with Crippen molar-refractivity contribution in [1.82, 2.24) is 15.1 Å². The molecule has 7 heteroatoms. The number of aryl methyl sites for hydroxylation is 1. The second kappa shape index (κ2) is 6.69. The van der Waals surface area contributed by atoms with Gasteiger partial charge >= 0.3 is 0 Å². The van der Waals surface area contributed by atoms with Crippen LogP contribution in [0.3, 0.4) is 0 Å². The van der Waals surface area contributed by atoms with E-state index in [0.717, 1.165) is 23.2 Å². The summed E-state index contributed by atoms with van der Waals surface area (Å²) in [6.45, 7) is 0.687. The molecule has 1 amide bonds. The molecule has 22 heavy (non-hydrogen) atoms. The molecule has 5 nitrogen and oxygen atoms in total. The van der Waals surface area contributed by atoms with Crippen LogP contribution in [0.5, 0.6) is 0 Å². The van der Waals surface area contributed by atoms with Gasteiger partial charge in [0.25, 0.3) is 0 Å². The third-order valence-electron chi connectivity index (χ3n) is 3.80. The van der Waals surface area contributed by atoms with Gasteiger partial charge in [0, 0.05) is 36.1 Å². The number of carbonyl (C=O) groups excluding carboxylic acids is 1. The Morgan fingerprint density at radius 1 is 1.45 bits per heavy atom. The molecular weight excluding hydrogens is 323 g/mol. The minimum atomic E-state index is -0.399. The van der Waals surface area contributed by atoms with E-state index >= 15 is 0 Å². The van der Waals surface area contributed by atoms with Crippen LogP contribution in [0.4, 0.5) is 5.69 Å². The summed E-state index contributed by atoms with van der Waals surface area (Å²) < 4.78 is 1.70. The molecule has 0 bridgehead atoms. The fourth-order valence-corrected chi connectivity index (χ4v) is 2.93. The van der Waals surface area contributed by atoms with Gasteiger partial charge < -0.3 is 10.2 Å². The second-order valence-corrected chi connectivity index (χ2v) is 5.62. The van der Waals surface area contributed by atoms with Gasteiger partial charge in [0.15, 0.2) is 0 Å². The summed E-state index contributed by atoms with van der Waals surface area (Å²) in [5.74, 6) is 0.0199. The number of hydrogen-bond donors (Lipinski definition) is 1. The van der Waals surface area contributed by atoms with Gasteiger partial charge in [-0.2, -0.15) is 5.10 Å². The van der Waals surface area contributed by atoms with Crippen LogP contribution < -0.4 is 10.2 Å². The van der Waals surface area contributed by atoms with Crippen LogP contribution in [0.2, 0.25) is 5.02 Å². The van der Waals surface area contributed by atoms with Crippen molar-refractivity contribution in [2.75, 3.05) is 18.5 Å². The highest BCUT2D eigenvalue weighted by atomic mass is 35.5. The molecule has 1 N–H and O–H groups in total. The minimum absolute atomic E-state index is 0. The lowest BCUT2D eigenvalue weighted by atomic mass is 10.1. The van der Waals surface area contributed by atoms with Crippen molar-refractivity contribution in [1.29, 1.82) is 0 Å². The number of nitrogens with zero attached hydrogens (tertiary/aromatic N) is 3. The zero-order chi connectivity index (χ0) is 15.0. The van der Waals surface area contributed by atoms with E-state index in [2.05, 4.69) is 10.4 Å². The van der Waals surface area contributed by atoms with Crippen molar-refractivity contribution < 1.29 is 4.79 Å². The molecule has 0 saturated heterocycles. The van der Waals surface area contributed by atoms with Gasteiger partial charge in [-0.05, 0) is 31.2 Å². The first-order chi connectivity index (χ1) is 10.1. The van der Waals surface area contributed by atoms with E-state index in [-0.39, 0.29) is 18.3 Å². The molecule has 1 aromatic carbocycles. The highest BCUT2D eigenvalue weighted by Gasteiger charge is 2.31. The molecule has 1 atom stereocenters. The van der Waals surface area contributed by atoms with E-state index in [4.69, 9.17) is 11.6 Å². The van der Waals surface area contributed by atoms with E-state index in [1.165, 1.54) is 0 Å². The number of nitrogens with one attached hydrogen (secondary N) is 1. The van der Waals surface area contributed by atoms with Crippen molar-refractivity contribution in [3.05, 3.63) is 46.7 Å². The van der Waals surface area contributed by atoms with E-state index in [1.54, 1.807) is 22.8 Å². The highest BCUT2D eigenvalue weighted by Crippen LogP contribution is 2.32. The van der Waals surface area contributed by atoms with E-state index in [0.29, 0.717) is 11.6 Å². The first kappa shape index (κ1) is 16.8. The SMILES string of the molecule is CNC(C(=O)N1CCc2ccc(Cl)cc21)c1cnn(C)c1.Cl. The summed E-state index contributed by atoms with van der Waals surface area (Å²) in [7, 11) is 3.62. The maximum absolute atomic E-state index is 12.8. The first-order valence-corrected chi connectivity index (χ1v) is 7.23. The Morgan fingerprint density at radius 3 is 2.86 bits per heavy atom. The lowest BCUT2D eigenvalue weighted by Gasteiger charge is -2.23. The van der Waals surface area contributed by atoms with E-state index in [9.17, 15) is 4.79 Å². The molecule has 0 saturated carbocycles. The summed E-state index contributed by atoms with van der Waals surface area (Å²) >= 11 is 6.06. The molecule has 1 aliphatic rings. The second-order valence-electron chi connectivity index (χ2n) is 5.18. The molecule has 1 aromatic heterocycles. The minimum Gasteiger partial charge on any atom is -0.310 e. The standard InChI is InChI=1S/C15H17ClN4O.ClH/c1-17-14(11-8-18-19(2)9-11)15(21)20-6-5-10-3-4-12(16)7-13(10)20;/h3-4,7-9,14,17H,5-6H2,1-2H3;1H. The Hall–Kier alpha value is -1.56. The number of aromatic nitrogens is 2. The predicted octanol–water partition coefficient (Wildman–Crippen LogP) is 2.35. The molecule has 0 fully saturated rings. The van der Waals surface area contributed by atoms with Crippen molar-refractivity contribution in [2.45, 2.75) is 12.5 Å². The fraction of sp³-hybridized carbons (Fsp3) is 0.333. The van der Waals surface area contributed by atoms with Gasteiger partial charge in [0.1, 0.15) is 6.04 Å². The van der Waals surface area contributed by atoms with E-state index in [1.807, 2.05) is 31.4 Å². The number of rotatable bonds is 3. The van der Waals surface area contributed by atoms with Gasteiger partial charge in [-0.25, -0.2) is 0 Å². The zero-order valence-corrected chi connectivity index (χ0v) is 14.0. The summed E-state index contributed by atoms with van der Waals surface area (Å²) in [6.07, 6.45) is 4.43. The number of hydrogen-bond acceptors (Lipinski definition) is 3. The maximum atomic E-state index is 12.8. The summed E-state index contributed by atoms with van der Waals surface area (Å²) in [4.78, 5) is 14.6. The number of likely N-dealkylation sites (N-methyl/N-ethyl adjacent to an activating group) is 1. The number of benzene rings is 1. The Morgan fingerprint density at radius 2 is 2.23 bits per heavy atom. The van der Waals surface area contributed by atoms with Crippen LogP contribution in [0.15, 0.2) is 30.6 Å². The van der Waals surface area contributed by atoms with Crippen LogP contribution in [-0.2, 0) is 18.3 Å². The lowest BCUT2D eigenvalue weighted by Crippen LogP contribution is -2.38. The Balaban J connectivity index is 0.00000176. The average molecular weight is 341 g/mol. The molecule has 0 aliphatic carbocycles. The number of fused-ring (bicyclic) bond motifs is 1. The van der Waals surface area contributed by atoms with Gasteiger partial charge in [0.05, 0.1) is 6.20 Å². The quantitative estimate of drug-likeness (QED) is 0.932. The van der Waals surface area contributed by atoms with Crippen LogP contribution >= 0.6 is 24.0 Å². The third kappa shape index (κ3) is 2.97. The van der Waals surface area contributed by atoms with Crippen LogP contribution in [0.25, 0.3) is 0 Å². The summed E-state index contributed by atoms with van der Waals surface area (Å²) in [5, 5.41) is 7.86. The Kier molecular flexibility index (Phi) is 5.11. The van der Waals surface area contributed by atoms with Gasteiger partial charge in [-0.1, -0.05) is 17.7 Å². The molecule has 0 spiro atoms. The number of anilines is 1.